The molecule has 0 aliphatic heterocycles. The standard InChI is InChI=1S/C26H26NSi.C9H16O2.Ir/c1-18-13-19(2)15-22(14-18)24-12-11-21-16-26(28(3,4)5)23(17-25(21)27-24)20-9-7-6-8-10-20;1-6(2)8(10)5-9(11)7(3)4;/h6-14,16-17H,1-5H3;5-7,10H,1-4H3;/q-1;;/b;8-5-;. The number of carbonyl (C=O) groups excluding carboxylic acids is 1. The second-order valence-corrected chi connectivity index (χ2v) is 17.0. The average Bonchev–Trinajstić information content (AvgIpc) is 2.87. The van der Waals surface area contributed by atoms with E-state index in [0.717, 1.165) is 22.3 Å². The van der Waals surface area contributed by atoms with Crippen LogP contribution in [0.5, 0.6) is 0 Å². The second kappa shape index (κ2) is 14.2. The van der Waals surface area contributed by atoms with Gasteiger partial charge in [-0.15, -0.1) is 34.9 Å². The minimum absolute atomic E-state index is 0. The molecule has 40 heavy (non-hydrogen) atoms. The smallest absolute Gasteiger partial charge is 0.161 e. The van der Waals surface area contributed by atoms with Crippen molar-refractivity contribution in [3.05, 3.63) is 95.8 Å². The Morgan fingerprint density at radius 2 is 1.55 bits per heavy atom. The van der Waals surface area contributed by atoms with E-state index in [2.05, 4.69) is 106 Å². The van der Waals surface area contributed by atoms with Crippen LogP contribution in [0.1, 0.15) is 38.8 Å². The number of hydrogen-bond donors (Lipinski definition) is 1. The number of nitrogens with zero attached hydrogens (tertiary/aromatic N) is 1. The van der Waals surface area contributed by atoms with Crippen molar-refractivity contribution in [2.75, 3.05) is 0 Å². The third-order valence-electron chi connectivity index (χ3n) is 6.60. The average molecular weight is 729 g/mol. The summed E-state index contributed by atoms with van der Waals surface area (Å²) in [7, 11) is -1.50. The quantitative estimate of drug-likeness (QED) is 0.0935. The molecule has 1 N–H and O–H groups in total. The second-order valence-electron chi connectivity index (χ2n) is 11.9. The fourth-order valence-corrected chi connectivity index (χ4v) is 5.92. The first-order valence-corrected chi connectivity index (χ1v) is 17.2. The number of ketones is 1. The topological polar surface area (TPSA) is 50.2 Å². The van der Waals surface area contributed by atoms with Crippen molar-refractivity contribution in [1.82, 2.24) is 4.98 Å². The molecule has 1 radical (unpaired) electrons. The summed E-state index contributed by atoms with van der Waals surface area (Å²) in [6, 6.07) is 27.5. The Hall–Kier alpha value is -2.85. The molecule has 1 heterocycles. The molecule has 0 unspecified atom stereocenters. The van der Waals surface area contributed by atoms with Crippen molar-refractivity contribution in [2.24, 2.45) is 11.8 Å². The first-order valence-electron chi connectivity index (χ1n) is 13.7. The number of aliphatic hydroxyl groups excluding tert-OH is 1. The van der Waals surface area contributed by atoms with Gasteiger partial charge in [0.2, 0.25) is 0 Å². The first kappa shape index (κ1) is 33.4. The molecule has 3 aromatic carbocycles. The molecule has 4 aromatic rings. The van der Waals surface area contributed by atoms with Gasteiger partial charge in [-0.05, 0) is 28.3 Å². The number of fused-ring (bicyclic) bond motifs is 1. The Balaban J connectivity index is 0.000000400. The van der Waals surface area contributed by atoms with Gasteiger partial charge in [-0.1, -0.05) is 115 Å². The van der Waals surface area contributed by atoms with Crippen LogP contribution in [0.25, 0.3) is 33.3 Å². The molecule has 0 fully saturated rings. The van der Waals surface area contributed by atoms with Crippen LogP contribution in [0.3, 0.4) is 0 Å². The maximum Gasteiger partial charge on any atom is 0.161 e. The van der Waals surface area contributed by atoms with Crippen molar-refractivity contribution in [3.8, 4) is 22.4 Å². The Morgan fingerprint density at radius 3 is 2.10 bits per heavy atom. The zero-order valence-electron chi connectivity index (χ0n) is 25.2. The zero-order chi connectivity index (χ0) is 28.9. The Morgan fingerprint density at radius 1 is 0.900 bits per heavy atom. The molecule has 0 saturated heterocycles. The van der Waals surface area contributed by atoms with Gasteiger partial charge in [0.25, 0.3) is 0 Å². The summed E-state index contributed by atoms with van der Waals surface area (Å²) in [5.41, 5.74) is 8.08. The first-order chi connectivity index (χ1) is 18.3. The zero-order valence-corrected chi connectivity index (χ0v) is 28.6. The summed E-state index contributed by atoms with van der Waals surface area (Å²) in [5, 5.41) is 11.9. The van der Waals surface area contributed by atoms with Gasteiger partial charge >= 0.3 is 0 Å². The van der Waals surface area contributed by atoms with Gasteiger partial charge in [-0.25, -0.2) is 0 Å². The van der Waals surface area contributed by atoms with E-state index >= 15 is 0 Å². The van der Waals surface area contributed by atoms with E-state index in [4.69, 9.17) is 4.98 Å². The number of allylic oxidation sites excluding steroid dienone is 2. The molecule has 0 spiro atoms. The van der Waals surface area contributed by atoms with E-state index in [1.807, 2.05) is 27.7 Å². The summed E-state index contributed by atoms with van der Waals surface area (Å²) >= 11 is 0. The van der Waals surface area contributed by atoms with Gasteiger partial charge in [0.15, 0.2) is 5.78 Å². The minimum Gasteiger partial charge on any atom is -0.512 e. The van der Waals surface area contributed by atoms with E-state index in [0.29, 0.717) is 0 Å². The van der Waals surface area contributed by atoms with E-state index in [-0.39, 0.29) is 43.5 Å². The van der Waals surface area contributed by atoms with E-state index in [1.165, 1.54) is 33.3 Å². The SMILES string of the molecule is CC(C)C(=O)/C=C(\O)C(C)C.Cc1[c-]c(-c2ccc3cc([Si](C)(C)C)c(-c4ccccc4)cc3n2)cc(C)c1.[Ir]. The molecular weight excluding hydrogens is 687 g/mol. The van der Waals surface area contributed by atoms with Gasteiger partial charge in [-0.3, -0.25) is 9.78 Å². The monoisotopic (exact) mass is 729 g/mol. The van der Waals surface area contributed by atoms with Gasteiger partial charge in [0.05, 0.1) is 19.3 Å². The number of benzene rings is 3. The largest absolute Gasteiger partial charge is 0.512 e. The molecule has 1 aromatic heterocycles. The van der Waals surface area contributed by atoms with Crippen molar-refractivity contribution in [2.45, 2.75) is 61.2 Å². The normalized spacial score (nSPS) is 11.7. The molecule has 5 heteroatoms. The number of rotatable bonds is 6. The Labute approximate surface area is 255 Å². The van der Waals surface area contributed by atoms with E-state index < -0.39 is 8.07 Å². The van der Waals surface area contributed by atoms with Gasteiger partial charge in [-0.2, -0.15) is 0 Å². The van der Waals surface area contributed by atoms with Gasteiger partial charge in [0.1, 0.15) is 0 Å². The molecule has 4 rings (SSSR count). The van der Waals surface area contributed by atoms with Crippen molar-refractivity contribution in [3.63, 3.8) is 0 Å². The summed E-state index contributed by atoms with van der Waals surface area (Å²) in [4.78, 5) is 16.0. The fourth-order valence-electron chi connectivity index (χ4n) is 4.31. The summed E-state index contributed by atoms with van der Waals surface area (Å²) in [6.45, 7) is 18.8. The number of pyridine rings is 1. The maximum absolute atomic E-state index is 11.0. The van der Waals surface area contributed by atoms with Crippen LogP contribution in [0.4, 0.5) is 0 Å². The molecule has 0 bridgehead atoms. The van der Waals surface area contributed by atoms with Crippen LogP contribution in [0, 0.1) is 31.7 Å². The molecule has 3 nitrogen and oxygen atoms in total. The fraction of sp³-hybridized carbons (Fsp3) is 0.314. The van der Waals surface area contributed by atoms with Gasteiger partial charge < -0.3 is 5.11 Å². The summed E-state index contributed by atoms with van der Waals surface area (Å²) in [5.74, 6) is 0.161. The van der Waals surface area contributed by atoms with Crippen LogP contribution in [-0.4, -0.2) is 23.9 Å². The van der Waals surface area contributed by atoms with Gasteiger partial charge in [0, 0.05) is 38.0 Å². The third kappa shape index (κ3) is 8.82. The maximum atomic E-state index is 11.0. The number of aryl methyl sites for hydroxylation is 2. The van der Waals surface area contributed by atoms with Crippen LogP contribution >= 0.6 is 0 Å². The van der Waals surface area contributed by atoms with Crippen LogP contribution < -0.4 is 5.19 Å². The van der Waals surface area contributed by atoms with Crippen LogP contribution in [0.15, 0.2) is 78.6 Å². The molecule has 0 amide bonds. The predicted octanol–water partition coefficient (Wildman–Crippen LogP) is 8.84. The van der Waals surface area contributed by atoms with Crippen LogP contribution in [-0.2, 0) is 24.9 Å². The summed E-state index contributed by atoms with van der Waals surface area (Å²) < 4.78 is 0. The number of aliphatic hydroxyl groups is 1. The third-order valence-corrected chi connectivity index (χ3v) is 8.63. The predicted molar refractivity (Wildman–Crippen MR) is 169 cm³/mol. The molecule has 0 aliphatic carbocycles. The number of aromatic nitrogens is 1. The number of carbonyl (C=O) groups is 1. The van der Waals surface area contributed by atoms with Crippen molar-refractivity contribution >= 4 is 29.9 Å². The molecule has 213 valence electrons. The summed E-state index contributed by atoms with van der Waals surface area (Å²) in [6.07, 6.45) is 1.31. The molecular formula is C35H42IrNO2Si-. The number of hydrogen-bond acceptors (Lipinski definition) is 3. The van der Waals surface area contributed by atoms with Crippen molar-refractivity contribution < 1.29 is 30.0 Å². The Bertz CT molecular complexity index is 1460. The van der Waals surface area contributed by atoms with Crippen LogP contribution in [0.2, 0.25) is 19.6 Å². The Kier molecular flexibility index (Phi) is 11.8. The molecule has 0 saturated carbocycles. The van der Waals surface area contributed by atoms with E-state index in [9.17, 15) is 9.90 Å². The minimum atomic E-state index is -1.50. The van der Waals surface area contributed by atoms with E-state index in [1.54, 1.807) is 0 Å². The molecule has 0 atom stereocenters. The van der Waals surface area contributed by atoms with Crippen molar-refractivity contribution in [1.29, 1.82) is 0 Å². The molecule has 0 aliphatic rings.